The number of ether oxygens (including phenoxy) is 1. The standard InChI is InChI=1S/C10H13ClN6O2/c1-3-16(4-2)10(18)19-6-5-7-13-14-9(12)17(7)15-8(6)11/h5H,3-4H2,1-2H3,(H2,12,14). The van der Waals surface area contributed by atoms with Gasteiger partial charge < -0.3 is 15.4 Å². The summed E-state index contributed by atoms with van der Waals surface area (Å²) in [6.45, 7) is 4.79. The Labute approximate surface area is 114 Å². The number of nitrogens with zero attached hydrogens (tertiary/aromatic N) is 5. The van der Waals surface area contributed by atoms with Gasteiger partial charge in [-0.25, -0.2) is 4.79 Å². The van der Waals surface area contributed by atoms with E-state index < -0.39 is 6.09 Å². The van der Waals surface area contributed by atoms with Gasteiger partial charge in [-0.15, -0.1) is 15.3 Å². The molecule has 0 aliphatic heterocycles. The van der Waals surface area contributed by atoms with Gasteiger partial charge in [-0.3, -0.25) is 0 Å². The zero-order chi connectivity index (χ0) is 14.0. The molecule has 19 heavy (non-hydrogen) atoms. The summed E-state index contributed by atoms with van der Waals surface area (Å²) in [4.78, 5) is 13.3. The minimum absolute atomic E-state index is 0.0134. The summed E-state index contributed by atoms with van der Waals surface area (Å²) in [5.74, 6) is 0.233. The first-order valence-electron chi connectivity index (χ1n) is 5.71. The summed E-state index contributed by atoms with van der Waals surface area (Å²) in [6, 6.07) is 1.46. The Morgan fingerprint density at radius 3 is 2.79 bits per heavy atom. The number of halogens is 1. The van der Waals surface area contributed by atoms with Gasteiger partial charge >= 0.3 is 6.09 Å². The largest absolute Gasteiger partial charge is 0.415 e. The average Bonchev–Trinajstić information content (AvgIpc) is 2.73. The highest BCUT2D eigenvalue weighted by Gasteiger charge is 2.17. The number of hydrogen-bond acceptors (Lipinski definition) is 6. The van der Waals surface area contributed by atoms with E-state index in [4.69, 9.17) is 22.1 Å². The molecule has 0 spiro atoms. The van der Waals surface area contributed by atoms with Crippen LogP contribution in [-0.2, 0) is 0 Å². The second kappa shape index (κ2) is 5.27. The van der Waals surface area contributed by atoms with Crippen molar-refractivity contribution in [3.05, 3.63) is 11.2 Å². The van der Waals surface area contributed by atoms with Gasteiger partial charge in [0, 0.05) is 19.2 Å². The van der Waals surface area contributed by atoms with Crippen molar-refractivity contribution in [2.24, 2.45) is 0 Å². The molecule has 2 aromatic heterocycles. The molecule has 0 unspecified atom stereocenters. The number of hydrogen-bond donors (Lipinski definition) is 1. The zero-order valence-electron chi connectivity index (χ0n) is 10.5. The normalized spacial score (nSPS) is 10.7. The van der Waals surface area contributed by atoms with Crippen molar-refractivity contribution in [3.63, 3.8) is 0 Å². The molecule has 0 atom stereocenters. The number of amides is 1. The maximum atomic E-state index is 11.8. The van der Waals surface area contributed by atoms with Gasteiger partial charge in [0.25, 0.3) is 0 Å². The Morgan fingerprint density at radius 2 is 2.16 bits per heavy atom. The number of nitrogens with two attached hydrogens (primary N) is 1. The van der Waals surface area contributed by atoms with Crippen molar-refractivity contribution in [1.82, 2.24) is 24.7 Å². The molecule has 0 aromatic carbocycles. The van der Waals surface area contributed by atoms with E-state index >= 15 is 0 Å². The number of nitrogen functional groups attached to an aromatic ring is 1. The molecule has 2 rings (SSSR count). The lowest BCUT2D eigenvalue weighted by Crippen LogP contribution is -2.33. The Morgan fingerprint density at radius 1 is 1.47 bits per heavy atom. The number of aromatic nitrogens is 4. The Balaban J connectivity index is 2.30. The van der Waals surface area contributed by atoms with Crippen molar-refractivity contribution in [1.29, 1.82) is 0 Å². The van der Waals surface area contributed by atoms with E-state index in [1.165, 1.54) is 15.5 Å². The molecule has 0 saturated heterocycles. The van der Waals surface area contributed by atoms with E-state index in [9.17, 15) is 4.79 Å². The molecule has 0 aliphatic carbocycles. The zero-order valence-corrected chi connectivity index (χ0v) is 11.3. The van der Waals surface area contributed by atoms with E-state index in [0.717, 1.165) is 0 Å². The molecule has 0 bridgehead atoms. The first kappa shape index (κ1) is 13.3. The molecule has 1 amide bonds. The second-order valence-electron chi connectivity index (χ2n) is 3.67. The summed E-state index contributed by atoms with van der Waals surface area (Å²) in [7, 11) is 0. The van der Waals surface area contributed by atoms with Crippen LogP contribution in [0.15, 0.2) is 6.07 Å². The van der Waals surface area contributed by atoms with E-state index in [2.05, 4.69) is 15.3 Å². The lowest BCUT2D eigenvalue weighted by Gasteiger charge is -2.17. The number of rotatable bonds is 3. The van der Waals surface area contributed by atoms with Crippen LogP contribution in [0.4, 0.5) is 10.7 Å². The molecule has 0 saturated carbocycles. The lowest BCUT2D eigenvalue weighted by atomic mass is 10.5. The summed E-state index contributed by atoms with van der Waals surface area (Å²) >= 11 is 5.93. The molecule has 2 heterocycles. The highest BCUT2D eigenvalue weighted by molar-refractivity contribution is 6.30. The number of carbonyl (C=O) groups excluding carboxylic acids is 1. The first-order valence-corrected chi connectivity index (χ1v) is 6.08. The number of anilines is 1. The molecular formula is C10H13ClN6O2. The van der Waals surface area contributed by atoms with Crippen molar-refractivity contribution in [2.75, 3.05) is 18.8 Å². The van der Waals surface area contributed by atoms with Crippen molar-refractivity contribution in [3.8, 4) is 5.75 Å². The molecular weight excluding hydrogens is 272 g/mol. The SMILES string of the molecule is CCN(CC)C(=O)Oc1cc2nnc(N)n2nc1Cl. The van der Waals surface area contributed by atoms with Crippen LogP contribution in [0.1, 0.15) is 13.8 Å². The van der Waals surface area contributed by atoms with Crippen molar-refractivity contribution < 1.29 is 9.53 Å². The monoisotopic (exact) mass is 284 g/mol. The van der Waals surface area contributed by atoms with E-state index in [0.29, 0.717) is 18.7 Å². The molecule has 0 radical (unpaired) electrons. The second-order valence-corrected chi connectivity index (χ2v) is 4.03. The fraction of sp³-hybridized carbons (Fsp3) is 0.400. The van der Waals surface area contributed by atoms with Gasteiger partial charge in [0.1, 0.15) is 0 Å². The fourth-order valence-electron chi connectivity index (χ4n) is 1.52. The average molecular weight is 285 g/mol. The van der Waals surface area contributed by atoms with Crippen LogP contribution in [0.2, 0.25) is 5.15 Å². The van der Waals surface area contributed by atoms with Gasteiger partial charge in [-0.2, -0.15) is 4.52 Å². The summed E-state index contributed by atoms with van der Waals surface area (Å²) in [6.07, 6.45) is -0.495. The summed E-state index contributed by atoms with van der Waals surface area (Å²) < 4.78 is 6.44. The van der Waals surface area contributed by atoms with Crippen LogP contribution >= 0.6 is 11.6 Å². The fourth-order valence-corrected chi connectivity index (χ4v) is 1.69. The van der Waals surface area contributed by atoms with Gasteiger partial charge in [0.2, 0.25) is 5.95 Å². The molecule has 2 N–H and O–H groups in total. The lowest BCUT2D eigenvalue weighted by molar-refractivity contribution is 0.157. The van der Waals surface area contributed by atoms with E-state index in [1.807, 2.05) is 13.8 Å². The smallest absolute Gasteiger partial charge is 0.407 e. The molecule has 0 fully saturated rings. The molecule has 0 aliphatic rings. The van der Waals surface area contributed by atoms with Crippen LogP contribution in [0.25, 0.3) is 5.65 Å². The van der Waals surface area contributed by atoms with Crippen LogP contribution in [-0.4, -0.2) is 43.9 Å². The maximum absolute atomic E-state index is 11.8. The van der Waals surface area contributed by atoms with Gasteiger partial charge in [-0.1, -0.05) is 11.6 Å². The molecule has 8 nitrogen and oxygen atoms in total. The van der Waals surface area contributed by atoms with Gasteiger partial charge in [0.15, 0.2) is 16.5 Å². The van der Waals surface area contributed by atoms with E-state index in [1.54, 1.807) is 0 Å². The van der Waals surface area contributed by atoms with Crippen LogP contribution in [0, 0.1) is 0 Å². The van der Waals surface area contributed by atoms with Crippen molar-refractivity contribution >= 4 is 29.3 Å². The third-order valence-corrected chi connectivity index (χ3v) is 2.82. The molecule has 9 heteroatoms. The highest BCUT2D eigenvalue weighted by atomic mass is 35.5. The predicted molar refractivity (Wildman–Crippen MR) is 69.1 cm³/mol. The maximum Gasteiger partial charge on any atom is 0.415 e. The number of fused-ring (bicyclic) bond motifs is 1. The third-order valence-electron chi connectivity index (χ3n) is 2.56. The summed E-state index contributed by atoms with van der Waals surface area (Å²) in [5.41, 5.74) is 5.89. The van der Waals surface area contributed by atoms with Crippen molar-refractivity contribution in [2.45, 2.75) is 13.8 Å². The predicted octanol–water partition coefficient (Wildman–Crippen LogP) is 1.20. The van der Waals surface area contributed by atoms with Crippen LogP contribution in [0.5, 0.6) is 5.75 Å². The quantitative estimate of drug-likeness (QED) is 0.909. The minimum atomic E-state index is -0.495. The third kappa shape index (κ3) is 2.53. The summed E-state index contributed by atoms with van der Waals surface area (Å²) in [5, 5.41) is 11.4. The molecule has 2 aromatic rings. The van der Waals surface area contributed by atoms with E-state index in [-0.39, 0.29) is 16.9 Å². The Bertz CT molecular complexity index is 609. The van der Waals surface area contributed by atoms with Crippen LogP contribution in [0.3, 0.4) is 0 Å². The molecule has 102 valence electrons. The minimum Gasteiger partial charge on any atom is -0.407 e. The Kier molecular flexibility index (Phi) is 3.70. The van der Waals surface area contributed by atoms with Crippen LogP contribution < -0.4 is 10.5 Å². The topological polar surface area (TPSA) is 98.6 Å². The van der Waals surface area contributed by atoms with Gasteiger partial charge in [0.05, 0.1) is 0 Å². The Hall–Kier alpha value is -2.09. The number of carbonyl (C=O) groups is 1. The first-order chi connectivity index (χ1) is 9.06. The highest BCUT2D eigenvalue weighted by Crippen LogP contribution is 2.24. The van der Waals surface area contributed by atoms with Gasteiger partial charge in [-0.05, 0) is 13.8 Å².